The first-order chi connectivity index (χ1) is 8.66. The van der Waals surface area contributed by atoms with Crippen LogP contribution in [0.15, 0.2) is 30.5 Å². The summed E-state index contributed by atoms with van der Waals surface area (Å²) in [5, 5.41) is 9.23. The number of aryl methyl sites for hydroxylation is 1. The van der Waals surface area contributed by atoms with Gasteiger partial charge in [0.05, 0.1) is 6.20 Å². The lowest BCUT2D eigenvalue weighted by atomic mass is 10.1. The van der Waals surface area contributed by atoms with Gasteiger partial charge in [0.15, 0.2) is 0 Å². The largest absolute Gasteiger partial charge is 0.350 e. The highest BCUT2D eigenvalue weighted by atomic mass is 19.1. The summed E-state index contributed by atoms with van der Waals surface area (Å²) in [6.07, 6.45) is 2.27. The molecule has 18 heavy (non-hydrogen) atoms. The van der Waals surface area contributed by atoms with Crippen LogP contribution in [0.1, 0.15) is 21.6 Å². The van der Waals surface area contributed by atoms with Gasteiger partial charge in [-0.2, -0.15) is 5.10 Å². The third kappa shape index (κ3) is 2.94. The number of aromatic amines is 1. The standard InChI is InChI=1S/C13H14FN3O/c1-9-8-16-17-12(9)13(18)15-7-6-10-2-4-11(14)5-3-10/h2-5,8H,6-7H2,1H3,(H,15,18)(H,16,17). The van der Waals surface area contributed by atoms with E-state index in [1.165, 1.54) is 12.1 Å². The number of rotatable bonds is 4. The van der Waals surface area contributed by atoms with Gasteiger partial charge in [0.25, 0.3) is 5.91 Å². The van der Waals surface area contributed by atoms with Gasteiger partial charge in [-0.25, -0.2) is 4.39 Å². The van der Waals surface area contributed by atoms with E-state index in [4.69, 9.17) is 0 Å². The molecule has 1 aromatic carbocycles. The van der Waals surface area contributed by atoms with Crippen LogP contribution in [-0.4, -0.2) is 22.6 Å². The fourth-order valence-electron chi connectivity index (χ4n) is 1.64. The Hall–Kier alpha value is -2.17. The van der Waals surface area contributed by atoms with E-state index in [2.05, 4.69) is 15.5 Å². The first-order valence-electron chi connectivity index (χ1n) is 5.69. The third-order valence-corrected chi connectivity index (χ3v) is 2.67. The molecule has 0 spiro atoms. The van der Waals surface area contributed by atoms with Crippen molar-refractivity contribution in [2.24, 2.45) is 0 Å². The minimum atomic E-state index is -0.254. The number of carbonyl (C=O) groups is 1. The summed E-state index contributed by atoms with van der Waals surface area (Å²) in [7, 11) is 0. The summed E-state index contributed by atoms with van der Waals surface area (Å²) >= 11 is 0. The SMILES string of the molecule is Cc1cn[nH]c1C(=O)NCCc1ccc(F)cc1. The summed E-state index contributed by atoms with van der Waals surface area (Å²) in [6, 6.07) is 6.25. The number of halogens is 1. The zero-order chi connectivity index (χ0) is 13.0. The quantitative estimate of drug-likeness (QED) is 0.866. The van der Waals surface area contributed by atoms with Gasteiger partial charge in [-0.1, -0.05) is 12.1 Å². The lowest BCUT2D eigenvalue weighted by Gasteiger charge is -2.04. The van der Waals surface area contributed by atoms with E-state index >= 15 is 0 Å². The van der Waals surface area contributed by atoms with Crippen LogP contribution in [0.3, 0.4) is 0 Å². The molecule has 0 unspecified atom stereocenters. The molecular formula is C13H14FN3O. The molecule has 0 aliphatic heterocycles. The minimum absolute atomic E-state index is 0.174. The van der Waals surface area contributed by atoms with Gasteiger partial charge < -0.3 is 5.32 Å². The van der Waals surface area contributed by atoms with Crippen LogP contribution in [0.4, 0.5) is 4.39 Å². The first-order valence-corrected chi connectivity index (χ1v) is 5.69. The second-order valence-electron chi connectivity index (χ2n) is 4.06. The molecule has 4 nitrogen and oxygen atoms in total. The maximum absolute atomic E-state index is 12.7. The number of carbonyl (C=O) groups excluding carboxylic acids is 1. The second-order valence-corrected chi connectivity index (χ2v) is 4.06. The van der Waals surface area contributed by atoms with Gasteiger partial charge >= 0.3 is 0 Å². The summed E-state index contributed by atoms with van der Waals surface area (Å²) < 4.78 is 12.7. The van der Waals surface area contributed by atoms with E-state index in [0.717, 1.165) is 11.1 Å². The van der Waals surface area contributed by atoms with Crippen molar-refractivity contribution in [3.05, 3.63) is 53.1 Å². The zero-order valence-electron chi connectivity index (χ0n) is 10.0. The van der Waals surface area contributed by atoms with E-state index in [0.29, 0.717) is 18.7 Å². The van der Waals surface area contributed by atoms with Crippen molar-refractivity contribution in [2.45, 2.75) is 13.3 Å². The molecule has 2 aromatic rings. The zero-order valence-corrected chi connectivity index (χ0v) is 10.0. The summed E-state index contributed by atoms with van der Waals surface area (Å²) in [5.74, 6) is -0.428. The van der Waals surface area contributed by atoms with Crippen LogP contribution in [0.2, 0.25) is 0 Å². The number of benzene rings is 1. The number of nitrogens with zero attached hydrogens (tertiary/aromatic N) is 1. The number of nitrogens with one attached hydrogen (secondary N) is 2. The lowest BCUT2D eigenvalue weighted by molar-refractivity contribution is 0.0948. The van der Waals surface area contributed by atoms with E-state index in [-0.39, 0.29) is 11.7 Å². The average Bonchev–Trinajstić information content (AvgIpc) is 2.78. The first kappa shape index (κ1) is 12.3. The molecule has 0 atom stereocenters. The number of aromatic nitrogens is 2. The molecule has 0 bridgehead atoms. The molecule has 2 N–H and O–H groups in total. The molecule has 1 aromatic heterocycles. The van der Waals surface area contributed by atoms with Gasteiger partial charge in [0.1, 0.15) is 11.5 Å². The van der Waals surface area contributed by atoms with Crippen molar-refractivity contribution < 1.29 is 9.18 Å². The number of hydrogen-bond acceptors (Lipinski definition) is 2. The number of amides is 1. The average molecular weight is 247 g/mol. The molecule has 5 heteroatoms. The second kappa shape index (κ2) is 5.44. The number of H-pyrrole nitrogens is 1. The van der Waals surface area contributed by atoms with Crippen LogP contribution in [0.25, 0.3) is 0 Å². The highest BCUT2D eigenvalue weighted by Gasteiger charge is 2.09. The predicted molar refractivity (Wildman–Crippen MR) is 65.8 cm³/mol. The Kier molecular flexibility index (Phi) is 3.72. The Morgan fingerprint density at radius 3 is 2.72 bits per heavy atom. The van der Waals surface area contributed by atoms with Gasteiger partial charge in [0, 0.05) is 6.54 Å². The minimum Gasteiger partial charge on any atom is -0.350 e. The third-order valence-electron chi connectivity index (χ3n) is 2.67. The Bertz CT molecular complexity index is 533. The van der Waals surface area contributed by atoms with Gasteiger partial charge in [-0.05, 0) is 36.6 Å². The number of hydrogen-bond donors (Lipinski definition) is 2. The summed E-state index contributed by atoms with van der Waals surface area (Å²) in [6.45, 7) is 2.32. The van der Waals surface area contributed by atoms with Gasteiger partial charge in [-0.15, -0.1) is 0 Å². The summed E-state index contributed by atoms with van der Waals surface area (Å²) in [5.41, 5.74) is 2.28. The maximum Gasteiger partial charge on any atom is 0.269 e. The smallest absolute Gasteiger partial charge is 0.269 e. The highest BCUT2D eigenvalue weighted by Crippen LogP contribution is 2.04. The van der Waals surface area contributed by atoms with Crippen molar-refractivity contribution in [3.8, 4) is 0 Å². The Balaban J connectivity index is 1.84. The van der Waals surface area contributed by atoms with E-state index in [1.807, 2.05) is 6.92 Å². The Morgan fingerprint density at radius 1 is 1.39 bits per heavy atom. The Morgan fingerprint density at radius 2 is 2.11 bits per heavy atom. The van der Waals surface area contributed by atoms with Crippen LogP contribution < -0.4 is 5.32 Å². The van der Waals surface area contributed by atoms with Crippen LogP contribution in [0.5, 0.6) is 0 Å². The molecule has 94 valence electrons. The molecule has 1 amide bonds. The van der Waals surface area contributed by atoms with Crippen LogP contribution >= 0.6 is 0 Å². The lowest BCUT2D eigenvalue weighted by Crippen LogP contribution is -2.26. The van der Waals surface area contributed by atoms with E-state index in [1.54, 1.807) is 18.3 Å². The molecule has 0 radical (unpaired) electrons. The normalized spacial score (nSPS) is 10.3. The van der Waals surface area contributed by atoms with Gasteiger partial charge in [-0.3, -0.25) is 9.89 Å². The molecule has 0 saturated heterocycles. The van der Waals surface area contributed by atoms with Crippen molar-refractivity contribution in [3.63, 3.8) is 0 Å². The molecular weight excluding hydrogens is 233 g/mol. The van der Waals surface area contributed by atoms with Crippen molar-refractivity contribution in [2.75, 3.05) is 6.54 Å². The monoisotopic (exact) mass is 247 g/mol. The summed E-state index contributed by atoms with van der Waals surface area (Å²) in [4.78, 5) is 11.7. The van der Waals surface area contributed by atoms with Gasteiger partial charge in [0.2, 0.25) is 0 Å². The molecule has 0 aliphatic carbocycles. The molecule has 2 rings (SSSR count). The van der Waals surface area contributed by atoms with E-state index < -0.39 is 0 Å². The highest BCUT2D eigenvalue weighted by molar-refractivity contribution is 5.93. The molecule has 1 heterocycles. The van der Waals surface area contributed by atoms with Crippen molar-refractivity contribution in [1.29, 1.82) is 0 Å². The molecule has 0 aliphatic rings. The van der Waals surface area contributed by atoms with Crippen molar-refractivity contribution >= 4 is 5.91 Å². The maximum atomic E-state index is 12.7. The van der Waals surface area contributed by atoms with Crippen molar-refractivity contribution in [1.82, 2.24) is 15.5 Å². The van der Waals surface area contributed by atoms with E-state index in [9.17, 15) is 9.18 Å². The predicted octanol–water partition coefficient (Wildman–Crippen LogP) is 1.83. The molecule has 0 saturated carbocycles. The Labute approximate surface area is 104 Å². The van der Waals surface area contributed by atoms with Crippen LogP contribution in [0, 0.1) is 12.7 Å². The molecule has 0 fully saturated rings. The fraction of sp³-hybridized carbons (Fsp3) is 0.231. The fourth-order valence-corrected chi connectivity index (χ4v) is 1.64. The topological polar surface area (TPSA) is 57.8 Å². The van der Waals surface area contributed by atoms with Crippen LogP contribution in [-0.2, 0) is 6.42 Å².